The normalized spacial score (nSPS) is 12.3. The highest BCUT2D eigenvalue weighted by Gasteiger charge is 2.34. The topological polar surface area (TPSA) is 68.3 Å². The summed E-state index contributed by atoms with van der Waals surface area (Å²) >= 11 is 0. The zero-order valence-corrected chi connectivity index (χ0v) is 9.49. The van der Waals surface area contributed by atoms with E-state index in [0.29, 0.717) is 6.42 Å². The van der Waals surface area contributed by atoms with Gasteiger partial charge < -0.3 is 0 Å². The van der Waals surface area contributed by atoms with Crippen molar-refractivity contribution in [2.45, 2.75) is 34.1 Å². The fourth-order valence-corrected chi connectivity index (χ4v) is 1.58. The highest BCUT2D eigenvalue weighted by molar-refractivity contribution is 6.22. The molecule has 0 amide bonds. The minimum absolute atomic E-state index is 0.296. The molecule has 1 unspecified atom stereocenters. The standard InChI is InChI=1S/C11H16O4/c1-5-9(6(2)12)11(15)10(7(3)13)8(4)14/h9-10H,5H2,1-4H3. The Morgan fingerprint density at radius 2 is 1.27 bits per heavy atom. The largest absolute Gasteiger partial charge is 0.299 e. The second kappa shape index (κ2) is 5.53. The van der Waals surface area contributed by atoms with E-state index in [1.807, 2.05) is 0 Å². The summed E-state index contributed by atoms with van der Waals surface area (Å²) in [6.07, 6.45) is 0.325. The maximum Gasteiger partial charge on any atom is 0.161 e. The number of Topliss-reactive ketones (excluding diaryl/α,β-unsaturated/α-hetero) is 4. The monoisotopic (exact) mass is 212 g/mol. The predicted molar refractivity (Wildman–Crippen MR) is 54.3 cm³/mol. The Morgan fingerprint density at radius 3 is 1.47 bits per heavy atom. The predicted octanol–water partition coefficient (Wildman–Crippen LogP) is 0.965. The third-order valence-electron chi connectivity index (χ3n) is 2.34. The molecule has 0 aliphatic carbocycles. The van der Waals surface area contributed by atoms with Crippen LogP contribution in [0.4, 0.5) is 0 Å². The molecule has 1 atom stereocenters. The molecule has 0 heterocycles. The number of rotatable bonds is 6. The summed E-state index contributed by atoms with van der Waals surface area (Å²) in [5.74, 6) is -3.94. The van der Waals surface area contributed by atoms with Gasteiger partial charge in [0.1, 0.15) is 23.3 Å². The quantitative estimate of drug-likeness (QED) is 0.615. The van der Waals surface area contributed by atoms with E-state index in [4.69, 9.17) is 0 Å². The zero-order chi connectivity index (χ0) is 12.2. The summed E-state index contributed by atoms with van der Waals surface area (Å²) < 4.78 is 0. The van der Waals surface area contributed by atoms with Crippen LogP contribution in [0.5, 0.6) is 0 Å². The second-order valence-corrected chi connectivity index (χ2v) is 3.63. The Bertz CT molecular complexity index is 290. The summed E-state index contributed by atoms with van der Waals surface area (Å²) in [7, 11) is 0. The van der Waals surface area contributed by atoms with Gasteiger partial charge >= 0.3 is 0 Å². The van der Waals surface area contributed by atoms with Crippen LogP contribution < -0.4 is 0 Å². The molecule has 0 bridgehead atoms. The molecule has 15 heavy (non-hydrogen) atoms. The fourth-order valence-electron chi connectivity index (χ4n) is 1.58. The van der Waals surface area contributed by atoms with Crippen LogP contribution in [0.3, 0.4) is 0 Å². The van der Waals surface area contributed by atoms with E-state index < -0.39 is 29.2 Å². The van der Waals surface area contributed by atoms with E-state index in [9.17, 15) is 19.2 Å². The molecule has 0 fully saturated rings. The third kappa shape index (κ3) is 3.38. The van der Waals surface area contributed by atoms with E-state index in [2.05, 4.69) is 0 Å². The fraction of sp³-hybridized carbons (Fsp3) is 0.636. The smallest absolute Gasteiger partial charge is 0.161 e. The first kappa shape index (κ1) is 13.7. The van der Waals surface area contributed by atoms with Crippen molar-refractivity contribution < 1.29 is 19.2 Å². The Balaban J connectivity index is 5.00. The summed E-state index contributed by atoms with van der Waals surface area (Å²) in [5, 5.41) is 0. The number of carbonyl (C=O) groups excluding carboxylic acids is 4. The average Bonchev–Trinajstić information content (AvgIpc) is 2.02. The van der Waals surface area contributed by atoms with Gasteiger partial charge in [0.05, 0.1) is 5.92 Å². The maximum atomic E-state index is 11.7. The minimum Gasteiger partial charge on any atom is -0.299 e. The summed E-state index contributed by atoms with van der Waals surface area (Å²) in [4.78, 5) is 45.1. The van der Waals surface area contributed by atoms with Crippen LogP contribution in [0.1, 0.15) is 34.1 Å². The van der Waals surface area contributed by atoms with Crippen molar-refractivity contribution in [3.8, 4) is 0 Å². The van der Waals surface area contributed by atoms with Gasteiger partial charge in [-0.05, 0) is 27.2 Å². The van der Waals surface area contributed by atoms with E-state index in [1.54, 1.807) is 6.92 Å². The van der Waals surface area contributed by atoms with Crippen molar-refractivity contribution in [2.75, 3.05) is 0 Å². The van der Waals surface area contributed by atoms with Crippen LogP contribution in [0.15, 0.2) is 0 Å². The van der Waals surface area contributed by atoms with Gasteiger partial charge in [-0.1, -0.05) is 6.92 Å². The highest BCUT2D eigenvalue weighted by Crippen LogP contribution is 2.14. The molecule has 0 spiro atoms. The van der Waals surface area contributed by atoms with Crippen molar-refractivity contribution in [1.29, 1.82) is 0 Å². The van der Waals surface area contributed by atoms with Gasteiger partial charge in [-0.3, -0.25) is 19.2 Å². The molecule has 0 saturated carbocycles. The Morgan fingerprint density at radius 1 is 0.867 bits per heavy atom. The summed E-state index contributed by atoms with van der Waals surface area (Å²) in [6, 6.07) is 0. The highest BCUT2D eigenvalue weighted by atomic mass is 16.2. The lowest BCUT2D eigenvalue weighted by molar-refractivity contribution is -0.142. The number of ketones is 4. The van der Waals surface area contributed by atoms with Crippen molar-refractivity contribution >= 4 is 23.1 Å². The maximum absolute atomic E-state index is 11.7. The molecule has 0 aromatic rings. The first-order valence-electron chi connectivity index (χ1n) is 4.88. The molecular formula is C11H16O4. The van der Waals surface area contributed by atoms with E-state index in [-0.39, 0.29) is 5.78 Å². The molecule has 0 aromatic carbocycles. The lowest BCUT2D eigenvalue weighted by atomic mass is 9.84. The molecule has 0 saturated heterocycles. The van der Waals surface area contributed by atoms with Crippen molar-refractivity contribution in [2.24, 2.45) is 11.8 Å². The van der Waals surface area contributed by atoms with Crippen LogP contribution in [0.2, 0.25) is 0 Å². The van der Waals surface area contributed by atoms with Crippen molar-refractivity contribution in [3.05, 3.63) is 0 Å². The van der Waals surface area contributed by atoms with E-state index in [0.717, 1.165) is 0 Å². The first-order chi connectivity index (χ1) is 6.82. The zero-order valence-electron chi connectivity index (χ0n) is 9.49. The van der Waals surface area contributed by atoms with Gasteiger partial charge in [-0.25, -0.2) is 0 Å². The van der Waals surface area contributed by atoms with Crippen LogP contribution in [0, 0.1) is 11.8 Å². The van der Waals surface area contributed by atoms with Gasteiger partial charge in [0, 0.05) is 0 Å². The Hall–Kier alpha value is -1.32. The van der Waals surface area contributed by atoms with Gasteiger partial charge in [0.15, 0.2) is 5.78 Å². The lowest BCUT2D eigenvalue weighted by Gasteiger charge is -2.15. The lowest BCUT2D eigenvalue weighted by Crippen LogP contribution is -2.36. The van der Waals surface area contributed by atoms with Crippen molar-refractivity contribution in [1.82, 2.24) is 0 Å². The SMILES string of the molecule is CCC(C(C)=O)C(=O)C(C(C)=O)C(C)=O. The van der Waals surface area contributed by atoms with Crippen LogP contribution in [0.25, 0.3) is 0 Å². The van der Waals surface area contributed by atoms with E-state index in [1.165, 1.54) is 20.8 Å². The van der Waals surface area contributed by atoms with Gasteiger partial charge in [-0.15, -0.1) is 0 Å². The molecule has 0 radical (unpaired) electrons. The van der Waals surface area contributed by atoms with Crippen LogP contribution in [-0.2, 0) is 19.2 Å². The van der Waals surface area contributed by atoms with Gasteiger partial charge in [0.2, 0.25) is 0 Å². The molecule has 0 N–H and O–H groups in total. The molecule has 0 rings (SSSR count). The second-order valence-electron chi connectivity index (χ2n) is 3.63. The first-order valence-corrected chi connectivity index (χ1v) is 4.88. The van der Waals surface area contributed by atoms with Gasteiger partial charge in [-0.2, -0.15) is 0 Å². The minimum atomic E-state index is -1.26. The van der Waals surface area contributed by atoms with Crippen molar-refractivity contribution in [3.63, 3.8) is 0 Å². The van der Waals surface area contributed by atoms with Gasteiger partial charge in [0.25, 0.3) is 0 Å². The number of hydrogen-bond acceptors (Lipinski definition) is 4. The van der Waals surface area contributed by atoms with Crippen LogP contribution in [-0.4, -0.2) is 23.1 Å². The number of hydrogen-bond donors (Lipinski definition) is 0. The molecule has 0 aromatic heterocycles. The number of carbonyl (C=O) groups is 4. The van der Waals surface area contributed by atoms with E-state index >= 15 is 0 Å². The Kier molecular flexibility index (Phi) is 5.05. The van der Waals surface area contributed by atoms with Crippen LogP contribution >= 0.6 is 0 Å². The molecule has 0 aliphatic rings. The summed E-state index contributed by atoms with van der Waals surface area (Å²) in [6.45, 7) is 5.36. The molecule has 4 heteroatoms. The molecular weight excluding hydrogens is 196 g/mol. The third-order valence-corrected chi connectivity index (χ3v) is 2.34. The average molecular weight is 212 g/mol. The summed E-state index contributed by atoms with van der Waals surface area (Å²) in [5.41, 5.74) is 0. The Labute approximate surface area is 89.0 Å². The molecule has 84 valence electrons. The molecule has 4 nitrogen and oxygen atoms in total. The molecule has 0 aliphatic heterocycles.